The molecule has 1 unspecified atom stereocenters. The Morgan fingerprint density at radius 3 is 2.90 bits per heavy atom. The predicted octanol–water partition coefficient (Wildman–Crippen LogP) is 3.76. The van der Waals surface area contributed by atoms with Crippen LogP contribution in [0.3, 0.4) is 0 Å². The van der Waals surface area contributed by atoms with Crippen molar-refractivity contribution in [3.63, 3.8) is 0 Å². The highest BCUT2D eigenvalue weighted by Gasteiger charge is 2.11. The standard InChI is InChI=1S/C16H23N3S/c1-5-17-13(3)15-11-20-16(18-15)19(4)10-14-8-6-7-12(2)9-14/h6-9,11,13,17H,5,10H2,1-4H3. The number of nitrogens with one attached hydrogen (secondary N) is 1. The zero-order valence-corrected chi connectivity index (χ0v) is 13.5. The largest absolute Gasteiger partial charge is 0.347 e. The molecule has 2 aromatic rings. The molecule has 1 N–H and O–H groups in total. The first kappa shape index (κ1) is 15.0. The van der Waals surface area contributed by atoms with Crippen LogP contribution in [0.1, 0.15) is 36.7 Å². The van der Waals surface area contributed by atoms with Crippen molar-refractivity contribution in [2.24, 2.45) is 0 Å². The van der Waals surface area contributed by atoms with Crippen molar-refractivity contribution in [1.29, 1.82) is 0 Å². The molecule has 0 spiro atoms. The third-order valence-corrected chi connectivity index (χ3v) is 4.27. The minimum absolute atomic E-state index is 0.317. The van der Waals surface area contributed by atoms with Crippen LogP contribution in [0.25, 0.3) is 0 Å². The SMILES string of the molecule is CCNC(C)c1csc(N(C)Cc2cccc(C)c2)n1. The van der Waals surface area contributed by atoms with E-state index >= 15 is 0 Å². The summed E-state index contributed by atoms with van der Waals surface area (Å²) >= 11 is 1.71. The van der Waals surface area contributed by atoms with Crippen molar-refractivity contribution in [2.45, 2.75) is 33.4 Å². The molecule has 2 rings (SSSR count). The fourth-order valence-corrected chi connectivity index (χ4v) is 3.10. The van der Waals surface area contributed by atoms with E-state index in [4.69, 9.17) is 4.98 Å². The van der Waals surface area contributed by atoms with Crippen molar-refractivity contribution in [1.82, 2.24) is 10.3 Å². The lowest BCUT2D eigenvalue weighted by atomic mass is 10.1. The first-order valence-corrected chi connectivity index (χ1v) is 7.93. The lowest BCUT2D eigenvalue weighted by Crippen LogP contribution is -2.19. The summed E-state index contributed by atoms with van der Waals surface area (Å²) in [6, 6.07) is 8.95. The molecular weight excluding hydrogens is 266 g/mol. The summed E-state index contributed by atoms with van der Waals surface area (Å²) < 4.78 is 0. The number of hydrogen-bond donors (Lipinski definition) is 1. The van der Waals surface area contributed by atoms with Crippen LogP contribution in [0.15, 0.2) is 29.6 Å². The fraction of sp³-hybridized carbons (Fsp3) is 0.438. The quantitative estimate of drug-likeness (QED) is 0.877. The number of nitrogens with zero attached hydrogens (tertiary/aromatic N) is 2. The predicted molar refractivity (Wildman–Crippen MR) is 87.5 cm³/mol. The van der Waals surface area contributed by atoms with Crippen LogP contribution < -0.4 is 10.2 Å². The van der Waals surface area contributed by atoms with Gasteiger partial charge in [-0.25, -0.2) is 4.98 Å². The molecule has 108 valence electrons. The van der Waals surface area contributed by atoms with E-state index in [9.17, 15) is 0 Å². The van der Waals surface area contributed by atoms with Gasteiger partial charge in [-0.15, -0.1) is 11.3 Å². The molecule has 0 aliphatic rings. The molecule has 1 heterocycles. The van der Waals surface area contributed by atoms with Gasteiger partial charge >= 0.3 is 0 Å². The lowest BCUT2D eigenvalue weighted by Gasteiger charge is -2.16. The summed E-state index contributed by atoms with van der Waals surface area (Å²) in [6.07, 6.45) is 0. The van der Waals surface area contributed by atoms with E-state index in [0.717, 1.165) is 23.9 Å². The molecule has 1 atom stereocenters. The van der Waals surface area contributed by atoms with Gasteiger partial charge in [0.25, 0.3) is 0 Å². The molecule has 3 nitrogen and oxygen atoms in total. The molecular formula is C16H23N3S. The van der Waals surface area contributed by atoms with Gasteiger partial charge in [0, 0.05) is 25.0 Å². The number of aromatic nitrogens is 1. The van der Waals surface area contributed by atoms with E-state index in [1.165, 1.54) is 11.1 Å². The van der Waals surface area contributed by atoms with Crippen LogP contribution in [0.4, 0.5) is 5.13 Å². The normalized spacial score (nSPS) is 12.4. The summed E-state index contributed by atoms with van der Waals surface area (Å²) in [7, 11) is 2.10. The van der Waals surface area contributed by atoms with Crippen molar-refractivity contribution >= 4 is 16.5 Å². The molecule has 0 aliphatic heterocycles. The van der Waals surface area contributed by atoms with Crippen LogP contribution >= 0.6 is 11.3 Å². The lowest BCUT2D eigenvalue weighted by molar-refractivity contribution is 0.586. The van der Waals surface area contributed by atoms with Gasteiger partial charge in [-0.2, -0.15) is 0 Å². The maximum atomic E-state index is 4.73. The maximum absolute atomic E-state index is 4.73. The minimum atomic E-state index is 0.317. The highest BCUT2D eigenvalue weighted by molar-refractivity contribution is 7.13. The van der Waals surface area contributed by atoms with Gasteiger partial charge in [-0.1, -0.05) is 36.8 Å². The highest BCUT2D eigenvalue weighted by atomic mass is 32.1. The molecule has 0 saturated heterocycles. The summed E-state index contributed by atoms with van der Waals surface area (Å²) in [6.45, 7) is 8.26. The molecule has 0 saturated carbocycles. The van der Waals surface area contributed by atoms with E-state index < -0.39 is 0 Å². The summed E-state index contributed by atoms with van der Waals surface area (Å²) in [5, 5.41) is 6.62. The maximum Gasteiger partial charge on any atom is 0.185 e. The molecule has 4 heteroatoms. The average molecular weight is 289 g/mol. The summed E-state index contributed by atoms with van der Waals surface area (Å²) in [5.74, 6) is 0. The van der Waals surface area contributed by atoms with Gasteiger partial charge in [0.05, 0.1) is 5.69 Å². The average Bonchev–Trinajstić information content (AvgIpc) is 2.88. The number of rotatable bonds is 6. The van der Waals surface area contributed by atoms with Gasteiger partial charge in [0.1, 0.15) is 0 Å². The molecule has 0 bridgehead atoms. The van der Waals surface area contributed by atoms with E-state index in [-0.39, 0.29) is 0 Å². The van der Waals surface area contributed by atoms with E-state index in [2.05, 4.69) is 67.7 Å². The van der Waals surface area contributed by atoms with Crippen LogP contribution in [-0.4, -0.2) is 18.6 Å². The number of anilines is 1. The molecule has 0 fully saturated rings. The van der Waals surface area contributed by atoms with Crippen LogP contribution in [-0.2, 0) is 6.54 Å². The summed E-state index contributed by atoms with van der Waals surface area (Å²) in [5.41, 5.74) is 3.75. The Kier molecular flexibility index (Phi) is 5.15. The highest BCUT2D eigenvalue weighted by Crippen LogP contribution is 2.24. The molecule has 1 aromatic carbocycles. The van der Waals surface area contributed by atoms with Crippen LogP contribution in [0.2, 0.25) is 0 Å². The van der Waals surface area contributed by atoms with E-state index in [1.54, 1.807) is 11.3 Å². The first-order chi connectivity index (χ1) is 9.60. The van der Waals surface area contributed by atoms with Gasteiger partial charge in [-0.3, -0.25) is 0 Å². The van der Waals surface area contributed by atoms with Crippen molar-refractivity contribution in [3.8, 4) is 0 Å². The molecule has 1 aromatic heterocycles. The minimum Gasteiger partial charge on any atom is -0.347 e. The molecule has 0 amide bonds. The number of aryl methyl sites for hydroxylation is 1. The second-order valence-electron chi connectivity index (χ2n) is 5.18. The second-order valence-corrected chi connectivity index (χ2v) is 6.02. The van der Waals surface area contributed by atoms with Crippen LogP contribution in [0, 0.1) is 6.92 Å². The van der Waals surface area contributed by atoms with Gasteiger partial charge in [0.15, 0.2) is 5.13 Å². The number of benzene rings is 1. The Morgan fingerprint density at radius 2 is 2.20 bits per heavy atom. The third-order valence-electron chi connectivity index (χ3n) is 3.29. The zero-order chi connectivity index (χ0) is 14.5. The first-order valence-electron chi connectivity index (χ1n) is 7.05. The Labute approximate surface area is 125 Å². The van der Waals surface area contributed by atoms with Crippen molar-refractivity contribution < 1.29 is 0 Å². The van der Waals surface area contributed by atoms with E-state index in [1.807, 2.05) is 0 Å². The molecule has 0 radical (unpaired) electrons. The van der Waals surface area contributed by atoms with E-state index in [0.29, 0.717) is 6.04 Å². The Balaban J connectivity index is 2.04. The van der Waals surface area contributed by atoms with Gasteiger partial charge in [0.2, 0.25) is 0 Å². The van der Waals surface area contributed by atoms with Gasteiger partial charge < -0.3 is 10.2 Å². The topological polar surface area (TPSA) is 28.2 Å². The monoisotopic (exact) mass is 289 g/mol. The Hall–Kier alpha value is -1.39. The Morgan fingerprint density at radius 1 is 1.40 bits per heavy atom. The number of hydrogen-bond acceptors (Lipinski definition) is 4. The number of thiazole rings is 1. The van der Waals surface area contributed by atoms with Crippen molar-refractivity contribution in [2.75, 3.05) is 18.5 Å². The summed E-state index contributed by atoms with van der Waals surface area (Å²) in [4.78, 5) is 6.94. The Bertz CT molecular complexity index is 550. The van der Waals surface area contributed by atoms with Crippen LogP contribution in [0.5, 0.6) is 0 Å². The fourth-order valence-electron chi connectivity index (χ4n) is 2.21. The smallest absolute Gasteiger partial charge is 0.185 e. The zero-order valence-electron chi connectivity index (χ0n) is 12.7. The molecule has 0 aliphatic carbocycles. The van der Waals surface area contributed by atoms with Crippen molar-refractivity contribution in [3.05, 3.63) is 46.5 Å². The van der Waals surface area contributed by atoms with Gasteiger partial charge in [-0.05, 0) is 26.0 Å². The third kappa shape index (κ3) is 3.81. The second kappa shape index (κ2) is 6.86. The molecule has 20 heavy (non-hydrogen) atoms.